The molecule has 0 bridgehead atoms. The minimum atomic E-state index is -4.43. The van der Waals surface area contributed by atoms with Crippen molar-refractivity contribution in [2.24, 2.45) is 0 Å². The quantitative estimate of drug-likeness (QED) is 0.357. The summed E-state index contributed by atoms with van der Waals surface area (Å²) in [6.45, 7) is 0. The number of aliphatic carboxylic acids is 1. The Bertz CT molecular complexity index is 213. The van der Waals surface area contributed by atoms with Crippen molar-refractivity contribution in [1.29, 1.82) is 0 Å². The van der Waals surface area contributed by atoms with E-state index in [1.54, 1.807) is 0 Å². The van der Waals surface area contributed by atoms with E-state index in [1.807, 2.05) is 0 Å². The number of hydrogen-bond acceptors (Lipinski definition) is 5. The third kappa shape index (κ3) is 7.93. The Hall–Kier alpha value is -0.420. The molecule has 0 aromatic carbocycles. The minimum absolute atomic E-state index is 0.184. The van der Waals surface area contributed by atoms with Crippen molar-refractivity contribution >= 4 is 13.6 Å². The maximum atomic E-state index is 10.1. The van der Waals surface area contributed by atoms with Crippen LogP contribution in [0.5, 0.6) is 0 Å². The molecule has 0 saturated carbocycles. The van der Waals surface area contributed by atoms with E-state index in [4.69, 9.17) is 0 Å². The summed E-state index contributed by atoms with van der Waals surface area (Å²) in [7, 11) is -4.43. The monoisotopic (exact) mass is 209 g/mol. The zero-order chi connectivity index (χ0) is 10.5. The Morgan fingerprint density at radius 2 is 1.92 bits per heavy atom. The van der Waals surface area contributed by atoms with Gasteiger partial charge in [-0.15, -0.1) is 0 Å². The topological polar surface area (TPSA) is 131 Å². The molecule has 0 amide bonds. The lowest BCUT2D eigenvalue weighted by atomic mass is 10.1. The normalized spacial score (nSPS) is 14.1. The average molecular weight is 209 g/mol. The summed E-state index contributed by atoms with van der Waals surface area (Å²) >= 11 is 0. The molecule has 0 heterocycles. The predicted octanol–water partition coefficient (Wildman–Crippen LogP) is -3.57. The van der Waals surface area contributed by atoms with E-state index in [0.717, 1.165) is 0 Å². The lowest BCUT2D eigenvalue weighted by molar-refractivity contribution is -0.438. The number of carbonyl (C=O) groups is 1. The standard InChI is InChI=1S/C6H14NO5P/c7-5(6(8)9)3-1-2-4-13(10,11)12/h5H,1-4,7H2,(H,8,9)(H2,10,11,12)/p-2/t5-/m0/s1. The third-order valence-electron chi connectivity index (χ3n) is 1.57. The van der Waals surface area contributed by atoms with Crippen LogP contribution in [-0.2, 0) is 9.36 Å². The van der Waals surface area contributed by atoms with Gasteiger partial charge in [0.15, 0.2) is 0 Å². The molecule has 0 aromatic heterocycles. The van der Waals surface area contributed by atoms with Crippen LogP contribution < -0.4 is 20.6 Å². The number of carboxylic acid groups (broad SMARTS) is 1. The highest BCUT2D eigenvalue weighted by molar-refractivity contribution is 7.48. The highest BCUT2D eigenvalue weighted by Crippen LogP contribution is 2.24. The van der Waals surface area contributed by atoms with Crippen LogP contribution in [-0.4, -0.2) is 18.2 Å². The number of unbranched alkanes of at least 4 members (excludes halogenated alkanes) is 1. The number of carboxylic acids is 1. The molecule has 0 aliphatic rings. The molecule has 0 radical (unpaired) electrons. The van der Waals surface area contributed by atoms with Gasteiger partial charge in [-0.05, 0) is 19.0 Å². The van der Waals surface area contributed by atoms with Gasteiger partial charge < -0.3 is 30.0 Å². The first-order valence-electron chi connectivity index (χ1n) is 3.88. The molecule has 78 valence electrons. The largest absolute Gasteiger partial charge is 0.811 e. The Kier molecular flexibility index (Phi) is 5.17. The zero-order valence-electron chi connectivity index (χ0n) is 7.10. The summed E-state index contributed by atoms with van der Waals surface area (Å²) in [5.74, 6) is -1.26. The molecule has 7 heteroatoms. The van der Waals surface area contributed by atoms with Crippen LogP contribution >= 0.6 is 7.60 Å². The van der Waals surface area contributed by atoms with Crippen LogP contribution in [0.3, 0.4) is 0 Å². The van der Waals surface area contributed by atoms with Crippen molar-refractivity contribution in [3.8, 4) is 0 Å². The molecule has 3 N–H and O–H groups in total. The minimum Gasteiger partial charge on any atom is -0.811 e. The van der Waals surface area contributed by atoms with Gasteiger partial charge in [-0.3, -0.25) is 0 Å². The number of hydrogen-bond donors (Lipinski definition) is 1. The zero-order valence-corrected chi connectivity index (χ0v) is 8.00. The first kappa shape index (κ1) is 12.6. The lowest BCUT2D eigenvalue weighted by Gasteiger charge is -2.29. The van der Waals surface area contributed by atoms with Gasteiger partial charge in [-0.2, -0.15) is 0 Å². The molecule has 13 heavy (non-hydrogen) atoms. The highest BCUT2D eigenvalue weighted by Gasteiger charge is 2.05. The van der Waals surface area contributed by atoms with Crippen LogP contribution in [0.25, 0.3) is 0 Å². The van der Waals surface area contributed by atoms with Crippen molar-refractivity contribution in [3.63, 3.8) is 0 Å². The summed E-state index contributed by atoms with van der Waals surface area (Å²) in [5, 5.41) is 10.1. The van der Waals surface area contributed by atoms with E-state index in [9.17, 15) is 24.3 Å². The molecule has 0 aliphatic heterocycles. The van der Waals surface area contributed by atoms with E-state index < -0.39 is 25.8 Å². The van der Waals surface area contributed by atoms with E-state index in [-0.39, 0.29) is 12.8 Å². The second kappa shape index (κ2) is 5.34. The van der Waals surface area contributed by atoms with E-state index in [0.29, 0.717) is 6.42 Å². The first-order valence-corrected chi connectivity index (χ1v) is 5.61. The first-order chi connectivity index (χ1) is 5.83. The Balaban J connectivity index is 3.47. The fourth-order valence-corrected chi connectivity index (χ4v) is 1.42. The summed E-state index contributed by atoms with van der Waals surface area (Å²) in [6.07, 6.45) is 0.356. The molecule has 0 unspecified atom stereocenters. The SMILES string of the molecule is [NH3+][C@@H](CCCCP(=O)([O-])[O-])C(=O)[O-]. The lowest BCUT2D eigenvalue weighted by Crippen LogP contribution is -2.68. The molecule has 0 fully saturated rings. The Morgan fingerprint density at radius 3 is 2.31 bits per heavy atom. The summed E-state index contributed by atoms with van der Waals surface area (Å²) < 4.78 is 10.1. The number of quaternary nitrogens is 1. The second-order valence-corrected chi connectivity index (χ2v) is 4.52. The van der Waals surface area contributed by atoms with Crippen LogP contribution in [0.2, 0.25) is 0 Å². The molecule has 0 aliphatic carbocycles. The fourth-order valence-electron chi connectivity index (χ4n) is 0.814. The molecular formula is C6H12NO5P-2. The van der Waals surface area contributed by atoms with Crippen molar-refractivity contribution in [1.82, 2.24) is 0 Å². The average Bonchev–Trinajstić information content (AvgIpc) is 1.95. The summed E-state index contributed by atoms with van der Waals surface area (Å²) in [6, 6.07) is -0.835. The van der Waals surface area contributed by atoms with Crippen LogP contribution in [0.4, 0.5) is 0 Å². The summed E-state index contributed by atoms with van der Waals surface area (Å²) in [4.78, 5) is 30.4. The Morgan fingerprint density at radius 1 is 1.38 bits per heavy atom. The predicted molar refractivity (Wildman–Crippen MR) is 38.0 cm³/mol. The van der Waals surface area contributed by atoms with Crippen molar-refractivity contribution in [2.45, 2.75) is 25.3 Å². The molecule has 0 spiro atoms. The van der Waals surface area contributed by atoms with Gasteiger partial charge in [-0.25, -0.2) is 0 Å². The van der Waals surface area contributed by atoms with Crippen molar-refractivity contribution in [3.05, 3.63) is 0 Å². The van der Waals surface area contributed by atoms with Gasteiger partial charge in [0.2, 0.25) is 0 Å². The highest BCUT2D eigenvalue weighted by atomic mass is 31.2. The number of carbonyl (C=O) groups excluding carboxylic acids is 1. The van der Waals surface area contributed by atoms with Gasteiger partial charge in [0.05, 0.1) is 5.97 Å². The summed E-state index contributed by atoms with van der Waals surface area (Å²) in [5.41, 5.74) is 3.28. The molecule has 0 aromatic rings. The van der Waals surface area contributed by atoms with Crippen molar-refractivity contribution in [2.75, 3.05) is 6.16 Å². The van der Waals surface area contributed by atoms with Crippen LogP contribution in [0, 0.1) is 0 Å². The van der Waals surface area contributed by atoms with Crippen LogP contribution in [0.1, 0.15) is 19.3 Å². The molecule has 1 atom stereocenters. The second-order valence-electron chi connectivity index (χ2n) is 2.85. The van der Waals surface area contributed by atoms with Gasteiger partial charge >= 0.3 is 0 Å². The Labute approximate surface area is 75.9 Å². The molecule has 6 nitrogen and oxygen atoms in total. The maximum Gasteiger partial charge on any atom is 0.124 e. The fraction of sp³-hybridized carbons (Fsp3) is 0.833. The van der Waals surface area contributed by atoms with Crippen LogP contribution in [0.15, 0.2) is 0 Å². The molecule has 0 rings (SSSR count). The number of rotatable bonds is 6. The smallest absolute Gasteiger partial charge is 0.124 e. The van der Waals surface area contributed by atoms with Gasteiger partial charge in [0, 0.05) is 6.42 Å². The van der Waals surface area contributed by atoms with Gasteiger partial charge in [-0.1, -0.05) is 7.60 Å². The van der Waals surface area contributed by atoms with Crippen molar-refractivity contribution < 1.29 is 30.0 Å². The van der Waals surface area contributed by atoms with E-state index in [1.165, 1.54) is 0 Å². The van der Waals surface area contributed by atoms with E-state index in [2.05, 4.69) is 5.73 Å². The molecular weight excluding hydrogens is 197 g/mol. The van der Waals surface area contributed by atoms with E-state index >= 15 is 0 Å². The van der Waals surface area contributed by atoms with Gasteiger partial charge in [0.1, 0.15) is 6.04 Å². The van der Waals surface area contributed by atoms with Gasteiger partial charge in [0.25, 0.3) is 0 Å². The third-order valence-corrected chi connectivity index (χ3v) is 2.43. The maximum absolute atomic E-state index is 10.1. The molecule has 0 saturated heterocycles.